The first-order valence-corrected chi connectivity index (χ1v) is 10.4. The summed E-state index contributed by atoms with van der Waals surface area (Å²) in [5.41, 5.74) is 2.48. The zero-order valence-electron chi connectivity index (χ0n) is 17.3. The number of rotatable bonds is 7. The fourth-order valence-electron chi connectivity index (χ4n) is 3.24. The van der Waals surface area contributed by atoms with E-state index in [4.69, 9.17) is 14.2 Å². The first kappa shape index (κ1) is 22.6. The second-order valence-electron chi connectivity index (χ2n) is 6.89. The summed E-state index contributed by atoms with van der Waals surface area (Å²) >= 11 is 3.29. The Balaban J connectivity index is 1.48. The highest BCUT2D eigenvalue weighted by Gasteiger charge is 2.23. The van der Waals surface area contributed by atoms with Crippen LogP contribution >= 0.6 is 15.9 Å². The molecule has 0 aliphatic carbocycles. The van der Waals surface area contributed by atoms with E-state index in [0.29, 0.717) is 36.6 Å². The van der Waals surface area contributed by atoms with Crippen molar-refractivity contribution in [2.45, 2.75) is 13.0 Å². The highest BCUT2D eigenvalue weighted by atomic mass is 79.9. The van der Waals surface area contributed by atoms with Crippen molar-refractivity contribution in [2.75, 3.05) is 33.9 Å². The van der Waals surface area contributed by atoms with Crippen molar-refractivity contribution in [1.29, 1.82) is 0 Å². The summed E-state index contributed by atoms with van der Waals surface area (Å²) in [4.78, 5) is 38.1. The lowest BCUT2D eigenvalue weighted by Gasteiger charge is -2.29. The molecule has 164 valence electrons. The van der Waals surface area contributed by atoms with Gasteiger partial charge in [-0.2, -0.15) is 0 Å². The molecule has 0 saturated carbocycles. The lowest BCUT2D eigenvalue weighted by Crippen LogP contribution is -2.39. The minimum atomic E-state index is -0.678. The quantitative estimate of drug-likeness (QED) is 0.598. The molecule has 1 aliphatic rings. The number of carbonyl (C=O) groups excluding carboxylic acids is 3. The number of esters is 1. The van der Waals surface area contributed by atoms with E-state index in [9.17, 15) is 14.4 Å². The number of fused-ring (bicyclic) bond motifs is 1. The maximum absolute atomic E-state index is 12.5. The number of benzene rings is 2. The van der Waals surface area contributed by atoms with Crippen LogP contribution in [0.3, 0.4) is 0 Å². The highest BCUT2D eigenvalue weighted by molar-refractivity contribution is 9.10. The molecule has 9 heteroatoms. The van der Waals surface area contributed by atoms with Crippen LogP contribution in [-0.4, -0.2) is 56.6 Å². The summed E-state index contributed by atoms with van der Waals surface area (Å²) in [6.07, 6.45) is 0.665. The van der Waals surface area contributed by atoms with E-state index in [-0.39, 0.29) is 19.1 Å². The Bertz CT molecular complexity index is 977. The first-order chi connectivity index (χ1) is 14.9. The van der Waals surface area contributed by atoms with Gasteiger partial charge in [0.2, 0.25) is 0 Å². The number of methoxy groups -OCH3 is 2. The molecule has 3 rings (SSSR count). The second kappa shape index (κ2) is 10.3. The predicted octanol–water partition coefficient (Wildman–Crippen LogP) is 2.32. The standard InChI is InChI=1S/C22H23BrN2O6/c1-29-18-9-15-7-8-25(12-16(15)10-19(18)30-2)20(26)13-31-21(27)11-24-22(28)14-3-5-17(23)6-4-14/h3-6,9-10H,7-8,11-13H2,1-2H3,(H,24,28). The molecule has 0 bridgehead atoms. The zero-order valence-corrected chi connectivity index (χ0v) is 18.9. The van der Waals surface area contributed by atoms with Crippen molar-refractivity contribution in [3.05, 3.63) is 57.6 Å². The number of ether oxygens (including phenoxy) is 3. The molecule has 8 nitrogen and oxygen atoms in total. The van der Waals surface area contributed by atoms with Crippen LogP contribution in [0.2, 0.25) is 0 Å². The van der Waals surface area contributed by atoms with Gasteiger partial charge in [-0.3, -0.25) is 14.4 Å². The number of carbonyl (C=O) groups is 3. The van der Waals surface area contributed by atoms with Gasteiger partial charge in [0.05, 0.1) is 14.2 Å². The molecular formula is C22H23BrN2O6. The molecule has 0 radical (unpaired) electrons. The minimum absolute atomic E-state index is 0.298. The Morgan fingerprint density at radius 1 is 1.03 bits per heavy atom. The monoisotopic (exact) mass is 490 g/mol. The van der Waals surface area contributed by atoms with E-state index < -0.39 is 11.9 Å². The van der Waals surface area contributed by atoms with Crippen molar-refractivity contribution in [3.63, 3.8) is 0 Å². The molecule has 0 fully saturated rings. The molecular weight excluding hydrogens is 468 g/mol. The third kappa shape index (κ3) is 5.75. The molecule has 31 heavy (non-hydrogen) atoms. The molecule has 0 saturated heterocycles. The van der Waals surface area contributed by atoms with Crippen LogP contribution in [0.1, 0.15) is 21.5 Å². The molecule has 1 heterocycles. The van der Waals surface area contributed by atoms with Gasteiger partial charge in [0, 0.05) is 23.1 Å². The van der Waals surface area contributed by atoms with E-state index in [1.165, 1.54) is 0 Å². The summed E-state index contributed by atoms with van der Waals surface area (Å²) in [7, 11) is 3.14. The topological polar surface area (TPSA) is 94.2 Å². The normalized spacial score (nSPS) is 12.5. The summed E-state index contributed by atoms with van der Waals surface area (Å²) < 4.78 is 16.5. The van der Waals surface area contributed by atoms with E-state index in [1.54, 1.807) is 43.4 Å². The van der Waals surface area contributed by atoms with E-state index >= 15 is 0 Å². The Hall–Kier alpha value is -3.07. The molecule has 0 spiro atoms. The van der Waals surface area contributed by atoms with Gasteiger partial charge in [-0.1, -0.05) is 15.9 Å². The number of nitrogens with zero attached hydrogens (tertiary/aromatic N) is 1. The van der Waals surface area contributed by atoms with Crippen molar-refractivity contribution >= 4 is 33.7 Å². The molecule has 1 aliphatic heterocycles. The summed E-state index contributed by atoms with van der Waals surface area (Å²) in [6.45, 7) is 0.211. The summed E-state index contributed by atoms with van der Waals surface area (Å²) in [5.74, 6) is -0.118. The Labute approximate surface area is 188 Å². The lowest BCUT2D eigenvalue weighted by molar-refractivity contribution is -0.151. The summed E-state index contributed by atoms with van der Waals surface area (Å²) in [5, 5.41) is 2.48. The average molecular weight is 491 g/mol. The minimum Gasteiger partial charge on any atom is -0.493 e. The van der Waals surface area contributed by atoms with Crippen molar-refractivity contribution in [3.8, 4) is 11.5 Å². The fraction of sp³-hybridized carbons (Fsp3) is 0.318. The van der Waals surface area contributed by atoms with Crippen molar-refractivity contribution in [1.82, 2.24) is 10.2 Å². The Kier molecular flexibility index (Phi) is 7.51. The van der Waals surface area contributed by atoms with Gasteiger partial charge in [-0.05, 0) is 53.9 Å². The molecule has 2 aromatic carbocycles. The van der Waals surface area contributed by atoms with Crippen LogP contribution in [-0.2, 0) is 27.3 Å². The smallest absolute Gasteiger partial charge is 0.325 e. The largest absolute Gasteiger partial charge is 0.493 e. The third-order valence-electron chi connectivity index (χ3n) is 4.93. The van der Waals surface area contributed by atoms with Crippen LogP contribution in [0, 0.1) is 0 Å². The van der Waals surface area contributed by atoms with E-state index in [2.05, 4.69) is 21.2 Å². The Morgan fingerprint density at radius 2 is 1.68 bits per heavy atom. The third-order valence-corrected chi connectivity index (χ3v) is 5.46. The van der Waals surface area contributed by atoms with Gasteiger partial charge < -0.3 is 24.4 Å². The van der Waals surface area contributed by atoms with Gasteiger partial charge in [0.1, 0.15) is 6.54 Å². The average Bonchev–Trinajstić information content (AvgIpc) is 2.79. The maximum Gasteiger partial charge on any atom is 0.325 e. The van der Waals surface area contributed by atoms with E-state index in [1.807, 2.05) is 12.1 Å². The number of halogens is 1. The van der Waals surface area contributed by atoms with Gasteiger partial charge >= 0.3 is 5.97 Å². The second-order valence-corrected chi connectivity index (χ2v) is 7.81. The zero-order chi connectivity index (χ0) is 22.4. The molecule has 1 N–H and O–H groups in total. The Morgan fingerprint density at radius 3 is 2.32 bits per heavy atom. The number of hydrogen-bond acceptors (Lipinski definition) is 6. The van der Waals surface area contributed by atoms with Gasteiger partial charge in [-0.25, -0.2) is 0 Å². The number of amides is 2. The van der Waals surface area contributed by atoms with Gasteiger partial charge in [-0.15, -0.1) is 0 Å². The predicted molar refractivity (Wildman–Crippen MR) is 116 cm³/mol. The SMILES string of the molecule is COc1cc2c(cc1OC)CN(C(=O)COC(=O)CNC(=O)c1ccc(Br)cc1)CC2. The van der Waals surface area contributed by atoms with Crippen molar-refractivity contribution < 1.29 is 28.6 Å². The number of hydrogen-bond donors (Lipinski definition) is 1. The van der Waals surface area contributed by atoms with Crippen LogP contribution in [0.15, 0.2) is 40.9 Å². The van der Waals surface area contributed by atoms with E-state index in [0.717, 1.165) is 15.6 Å². The number of nitrogens with one attached hydrogen (secondary N) is 1. The summed E-state index contributed by atoms with van der Waals surface area (Å²) in [6, 6.07) is 10.5. The van der Waals surface area contributed by atoms with Gasteiger partial charge in [0.15, 0.2) is 18.1 Å². The van der Waals surface area contributed by atoms with Crippen LogP contribution < -0.4 is 14.8 Å². The molecule has 0 atom stereocenters. The highest BCUT2D eigenvalue weighted by Crippen LogP contribution is 2.33. The lowest BCUT2D eigenvalue weighted by atomic mass is 9.99. The molecule has 2 amide bonds. The van der Waals surface area contributed by atoms with Crippen LogP contribution in [0.25, 0.3) is 0 Å². The maximum atomic E-state index is 12.5. The molecule has 0 unspecified atom stereocenters. The van der Waals surface area contributed by atoms with Crippen molar-refractivity contribution in [2.24, 2.45) is 0 Å². The molecule has 2 aromatic rings. The van der Waals surface area contributed by atoms with Gasteiger partial charge in [0.25, 0.3) is 11.8 Å². The molecule has 0 aromatic heterocycles. The van der Waals surface area contributed by atoms with Crippen LogP contribution in [0.5, 0.6) is 11.5 Å². The van der Waals surface area contributed by atoms with Crippen LogP contribution in [0.4, 0.5) is 0 Å². The first-order valence-electron chi connectivity index (χ1n) is 9.62. The fourth-order valence-corrected chi connectivity index (χ4v) is 3.50.